The topological polar surface area (TPSA) is 88.1 Å². The lowest BCUT2D eigenvalue weighted by Crippen LogP contribution is -2.20. The normalized spacial score (nSPS) is 16.8. The van der Waals surface area contributed by atoms with Gasteiger partial charge in [0.25, 0.3) is 5.91 Å². The van der Waals surface area contributed by atoms with Crippen molar-refractivity contribution >= 4 is 44.9 Å². The minimum atomic E-state index is -0.294. The summed E-state index contributed by atoms with van der Waals surface area (Å²) in [4.78, 5) is 24.4. The maximum Gasteiger partial charge on any atom is 0.259 e. The molecule has 7 nitrogen and oxygen atoms in total. The monoisotopic (exact) mass is 377 g/mol. The zero-order valence-corrected chi connectivity index (χ0v) is 14.3. The van der Waals surface area contributed by atoms with E-state index in [0.717, 1.165) is 0 Å². The summed E-state index contributed by atoms with van der Waals surface area (Å²) < 4.78 is 2.30. The predicted octanol–water partition coefficient (Wildman–Crippen LogP) is 2.58. The molecule has 0 unspecified atom stereocenters. The van der Waals surface area contributed by atoms with Crippen LogP contribution in [0.5, 0.6) is 0 Å². The van der Waals surface area contributed by atoms with Crippen molar-refractivity contribution in [3.63, 3.8) is 0 Å². The smallest absolute Gasteiger partial charge is 0.259 e. The molecule has 3 rings (SSSR count). The fraction of sp³-hybridized carbons (Fsp3) is 0.267. The van der Waals surface area contributed by atoms with Crippen LogP contribution >= 0.6 is 15.9 Å². The number of aryl methyl sites for hydroxylation is 1. The molecule has 1 aromatic carbocycles. The molecule has 0 saturated heterocycles. The second kappa shape index (κ2) is 6.04. The molecule has 0 aliphatic carbocycles. The fourth-order valence-corrected chi connectivity index (χ4v) is 2.97. The van der Waals surface area contributed by atoms with E-state index in [2.05, 4.69) is 37.0 Å². The van der Waals surface area contributed by atoms with Crippen molar-refractivity contribution < 1.29 is 9.59 Å². The van der Waals surface area contributed by atoms with E-state index in [9.17, 15) is 9.59 Å². The van der Waals surface area contributed by atoms with E-state index >= 15 is 0 Å². The number of hydrogen-bond donors (Lipinski definition) is 3. The van der Waals surface area contributed by atoms with Crippen molar-refractivity contribution in [3.05, 3.63) is 34.4 Å². The van der Waals surface area contributed by atoms with Gasteiger partial charge in [-0.05, 0) is 35.0 Å². The molecule has 1 aromatic heterocycles. The van der Waals surface area contributed by atoms with Gasteiger partial charge in [0, 0.05) is 25.7 Å². The Kier molecular flexibility index (Phi) is 4.08. The Labute approximate surface area is 141 Å². The van der Waals surface area contributed by atoms with Crippen molar-refractivity contribution in [1.82, 2.24) is 9.78 Å². The standard InChI is InChI=1S/C15H16BrN5O2/c1-8-6-12(22)18-11-5-3-4-9(13(11)17-8)15(23)19-14-10(16)7-21(2)20-14/h3-5,7-8,17H,6H2,1-2H3,(H,18,22)(H,19,20,23)/t8-/m1/s1. The molecule has 0 radical (unpaired) electrons. The maximum atomic E-state index is 12.6. The van der Waals surface area contributed by atoms with Gasteiger partial charge in [-0.2, -0.15) is 5.10 Å². The van der Waals surface area contributed by atoms with Gasteiger partial charge in [-0.25, -0.2) is 0 Å². The predicted molar refractivity (Wildman–Crippen MR) is 91.6 cm³/mol. The van der Waals surface area contributed by atoms with Crippen LogP contribution < -0.4 is 16.0 Å². The zero-order chi connectivity index (χ0) is 16.6. The van der Waals surface area contributed by atoms with Crippen molar-refractivity contribution in [2.24, 2.45) is 7.05 Å². The van der Waals surface area contributed by atoms with Gasteiger partial charge in [0.15, 0.2) is 5.82 Å². The number of para-hydroxylation sites is 1. The van der Waals surface area contributed by atoms with Crippen molar-refractivity contribution in [2.75, 3.05) is 16.0 Å². The number of anilines is 3. The average molecular weight is 378 g/mol. The number of carbonyl (C=O) groups excluding carboxylic acids is 2. The summed E-state index contributed by atoms with van der Waals surface area (Å²) in [5.41, 5.74) is 1.68. The second-order valence-corrected chi connectivity index (χ2v) is 6.33. The molecule has 0 bridgehead atoms. The second-order valence-electron chi connectivity index (χ2n) is 5.48. The number of nitrogens with zero attached hydrogens (tertiary/aromatic N) is 2. The average Bonchev–Trinajstić information content (AvgIpc) is 2.69. The van der Waals surface area contributed by atoms with Crippen LogP contribution in [0.4, 0.5) is 17.2 Å². The van der Waals surface area contributed by atoms with Crippen molar-refractivity contribution in [2.45, 2.75) is 19.4 Å². The molecule has 1 aliphatic rings. The van der Waals surface area contributed by atoms with Crippen LogP contribution in [0, 0.1) is 0 Å². The van der Waals surface area contributed by atoms with Gasteiger partial charge in [-0.15, -0.1) is 0 Å². The number of hydrogen-bond acceptors (Lipinski definition) is 4. The van der Waals surface area contributed by atoms with E-state index in [1.165, 1.54) is 0 Å². The summed E-state index contributed by atoms with van der Waals surface area (Å²) >= 11 is 3.35. The molecule has 23 heavy (non-hydrogen) atoms. The molecule has 2 heterocycles. The number of benzene rings is 1. The summed E-state index contributed by atoms with van der Waals surface area (Å²) in [5, 5.41) is 13.0. The first-order valence-corrected chi connectivity index (χ1v) is 7.93. The van der Waals surface area contributed by atoms with E-state index in [0.29, 0.717) is 33.6 Å². The van der Waals surface area contributed by atoms with Crippen molar-refractivity contribution in [3.8, 4) is 0 Å². The van der Waals surface area contributed by atoms with E-state index in [1.807, 2.05) is 6.92 Å². The number of rotatable bonds is 2. The number of nitrogens with one attached hydrogen (secondary N) is 3. The maximum absolute atomic E-state index is 12.6. The molecule has 0 fully saturated rings. The molecule has 1 atom stereocenters. The van der Waals surface area contributed by atoms with E-state index in [-0.39, 0.29) is 17.9 Å². The summed E-state index contributed by atoms with van der Waals surface area (Å²) in [5.74, 6) is 0.0756. The van der Waals surface area contributed by atoms with E-state index in [4.69, 9.17) is 0 Å². The van der Waals surface area contributed by atoms with Crippen LogP contribution in [-0.4, -0.2) is 27.6 Å². The fourth-order valence-electron chi connectivity index (χ4n) is 2.50. The Morgan fingerprint density at radius 1 is 1.48 bits per heavy atom. The summed E-state index contributed by atoms with van der Waals surface area (Å²) in [7, 11) is 1.77. The van der Waals surface area contributed by atoms with Gasteiger partial charge >= 0.3 is 0 Å². The van der Waals surface area contributed by atoms with Gasteiger partial charge in [0.05, 0.1) is 21.4 Å². The number of fused-ring (bicyclic) bond motifs is 1. The number of amides is 2. The molecular weight excluding hydrogens is 362 g/mol. The number of halogens is 1. The Balaban J connectivity index is 1.94. The van der Waals surface area contributed by atoms with Crippen LogP contribution in [0.1, 0.15) is 23.7 Å². The van der Waals surface area contributed by atoms with Gasteiger partial charge in [-0.3, -0.25) is 14.3 Å². The summed E-state index contributed by atoms with van der Waals surface area (Å²) in [6.45, 7) is 1.90. The van der Waals surface area contributed by atoms with Crippen LogP contribution in [0.2, 0.25) is 0 Å². The molecule has 3 N–H and O–H groups in total. The minimum Gasteiger partial charge on any atom is -0.380 e. The molecule has 8 heteroatoms. The van der Waals surface area contributed by atoms with Gasteiger partial charge in [0.2, 0.25) is 5.91 Å². The highest BCUT2D eigenvalue weighted by Gasteiger charge is 2.23. The lowest BCUT2D eigenvalue weighted by atomic mass is 10.1. The van der Waals surface area contributed by atoms with Crippen LogP contribution in [0.15, 0.2) is 28.9 Å². The SMILES string of the molecule is C[C@@H]1CC(=O)Nc2cccc(C(=O)Nc3nn(C)cc3Br)c2N1. The Bertz CT molecular complexity index is 786. The quantitative estimate of drug-likeness (QED) is 0.750. The third kappa shape index (κ3) is 3.21. The van der Waals surface area contributed by atoms with Gasteiger partial charge in [-0.1, -0.05) is 6.07 Å². The summed E-state index contributed by atoms with van der Waals surface area (Å²) in [6.07, 6.45) is 2.10. The first-order valence-electron chi connectivity index (χ1n) is 7.14. The third-order valence-electron chi connectivity index (χ3n) is 3.48. The van der Waals surface area contributed by atoms with Crippen LogP contribution in [0.3, 0.4) is 0 Å². The van der Waals surface area contributed by atoms with Crippen molar-refractivity contribution in [1.29, 1.82) is 0 Å². The van der Waals surface area contributed by atoms with Gasteiger partial charge in [0.1, 0.15) is 0 Å². The highest BCUT2D eigenvalue weighted by Crippen LogP contribution is 2.31. The zero-order valence-electron chi connectivity index (χ0n) is 12.7. The highest BCUT2D eigenvalue weighted by molar-refractivity contribution is 9.10. The lowest BCUT2D eigenvalue weighted by Gasteiger charge is -2.15. The Morgan fingerprint density at radius 3 is 2.96 bits per heavy atom. The molecule has 2 amide bonds. The molecule has 0 saturated carbocycles. The molecule has 1 aliphatic heterocycles. The number of carbonyl (C=O) groups is 2. The molecule has 0 spiro atoms. The highest BCUT2D eigenvalue weighted by atomic mass is 79.9. The lowest BCUT2D eigenvalue weighted by molar-refractivity contribution is -0.116. The summed E-state index contributed by atoms with van der Waals surface area (Å²) in [6, 6.07) is 5.15. The largest absolute Gasteiger partial charge is 0.380 e. The number of aromatic nitrogens is 2. The Hall–Kier alpha value is -2.35. The molecular formula is C15H16BrN5O2. The van der Waals surface area contributed by atoms with Crippen LogP contribution in [0.25, 0.3) is 0 Å². The van der Waals surface area contributed by atoms with Gasteiger partial charge < -0.3 is 16.0 Å². The van der Waals surface area contributed by atoms with Crippen LogP contribution in [-0.2, 0) is 11.8 Å². The van der Waals surface area contributed by atoms with E-state index in [1.54, 1.807) is 36.1 Å². The van der Waals surface area contributed by atoms with E-state index < -0.39 is 0 Å². The molecule has 120 valence electrons. The third-order valence-corrected chi connectivity index (χ3v) is 4.06. The minimum absolute atomic E-state index is 0.0632. The Morgan fingerprint density at radius 2 is 2.26 bits per heavy atom. The molecule has 2 aromatic rings. The first kappa shape index (κ1) is 15.5. The first-order chi connectivity index (χ1) is 10.9.